The quantitative estimate of drug-likeness (QED) is 0.851. The summed E-state index contributed by atoms with van der Waals surface area (Å²) in [5, 5.41) is 3.65. The molecule has 1 aliphatic rings. The molecule has 0 unspecified atom stereocenters. The van der Waals surface area contributed by atoms with Gasteiger partial charge in [-0.2, -0.15) is 0 Å². The van der Waals surface area contributed by atoms with E-state index in [2.05, 4.69) is 22.2 Å². The number of amides is 1. The molecule has 1 fully saturated rings. The molecule has 0 aliphatic carbocycles. The van der Waals surface area contributed by atoms with Gasteiger partial charge in [-0.15, -0.1) is 0 Å². The number of anilines is 2. The van der Waals surface area contributed by atoms with Gasteiger partial charge in [-0.05, 0) is 49.4 Å². The van der Waals surface area contributed by atoms with E-state index < -0.39 is 0 Å². The number of piperazine rings is 1. The monoisotopic (exact) mass is 387 g/mol. The third-order valence-corrected chi connectivity index (χ3v) is 5.15. The first-order chi connectivity index (χ1) is 13.0. The van der Waals surface area contributed by atoms with Crippen molar-refractivity contribution in [2.45, 2.75) is 13.3 Å². The van der Waals surface area contributed by atoms with Crippen LogP contribution in [0.3, 0.4) is 0 Å². The number of halogens is 1. The number of methoxy groups -OCH3 is 1. The second-order valence-electron chi connectivity index (χ2n) is 6.98. The molecule has 1 heterocycles. The number of carbonyl (C=O) groups excluding carboxylic acids is 1. The summed E-state index contributed by atoms with van der Waals surface area (Å²) < 4.78 is 5.35. The molecule has 0 bridgehead atoms. The smallest absolute Gasteiger partial charge is 0.228 e. The van der Waals surface area contributed by atoms with Crippen LogP contribution in [-0.2, 0) is 11.2 Å². The fourth-order valence-electron chi connectivity index (χ4n) is 3.29. The van der Waals surface area contributed by atoms with E-state index in [1.807, 2.05) is 43.3 Å². The van der Waals surface area contributed by atoms with Crippen molar-refractivity contribution in [1.29, 1.82) is 0 Å². The largest absolute Gasteiger partial charge is 0.496 e. The van der Waals surface area contributed by atoms with Gasteiger partial charge in [-0.25, -0.2) is 0 Å². The van der Waals surface area contributed by atoms with Gasteiger partial charge in [0, 0.05) is 31.2 Å². The summed E-state index contributed by atoms with van der Waals surface area (Å²) in [5.74, 6) is 0.722. The lowest BCUT2D eigenvalue weighted by atomic mass is 10.1. The van der Waals surface area contributed by atoms with Crippen LogP contribution in [0.4, 0.5) is 11.4 Å². The summed E-state index contributed by atoms with van der Waals surface area (Å²) in [7, 11) is 3.76. The normalized spacial score (nSPS) is 14.9. The molecule has 5 nitrogen and oxygen atoms in total. The molecule has 2 aromatic carbocycles. The predicted molar refractivity (Wildman–Crippen MR) is 111 cm³/mol. The van der Waals surface area contributed by atoms with Crippen molar-refractivity contribution in [3.63, 3.8) is 0 Å². The van der Waals surface area contributed by atoms with Crippen LogP contribution in [-0.4, -0.2) is 51.1 Å². The molecule has 1 N–H and O–H groups in total. The lowest BCUT2D eigenvalue weighted by molar-refractivity contribution is -0.115. The highest BCUT2D eigenvalue weighted by Crippen LogP contribution is 2.30. The second-order valence-corrected chi connectivity index (χ2v) is 7.42. The lowest BCUT2D eigenvalue weighted by Gasteiger charge is -2.35. The lowest BCUT2D eigenvalue weighted by Crippen LogP contribution is -2.44. The highest BCUT2D eigenvalue weighted by atomic mass is 35.5. The summed E-state index contributed by atoms with van der Waals surface area (Å²) in [6, 6.07) is 11.5. The topological polar surface area (TPSA) is 44.8 Å². The highest BCUT2D eigenvalue weighted by Gasteiger charge is 2.18. The zero-order valence-electron chi connectivity index (χ0n) is 16.1. The number of likely N-dealkylation sites (N-methyl/N-ethyl adjacent to an activating group) is 1. The average Bonchev–Trinajstić information content (AvgIpc) is 2.64. The van der Waals surface area contributed by atoms with Gasteiger partial charge in [0.25, 0.3) is 0 Å². The predicted octanol–water partition coefficient (Wildman–Crippen LogP) is 3.59. The summed E-state index contributed by atoms with van der Waals surface area (Å²) in [4.78, 5) is 17.2. The molecule has 1 saturated heterocycles. The number of ether oxygens (including phenoxy) is 1. The third-order valence-electron chi connectivity index (χ3n) is 4.91. The second kappa shape index (κ2) is 8.63. The Labute approximate surface area is 165 Å². The Hall–Kier alpha value is -2.24. The van der Waals surface area contributed by atoms with Crippen molar-refractivity contribution in [3.8, 4) is 5.75 Å². The maximum absolute atomic E-state index is 12.6. The van der Waals surface area contributed by atoms with Crippen LogP contribution in [0.15, 0.2) is 36.4 Å². The Morgan fingerprint density at radius 1 is 1.15 bits per heavy atom. The van der Waals surface area contributed by atoms with Crippen molar-refractivity contribution >= 4 is 28.9 Å². The molecular formula is C21H26ClN3O2. The summed E-state index contributed by atoms with van der Waals surface area (Å²) in [6.07, 6.45) is 0.283. The van der Waals surface area contributed by atoms with Gasteiger partial charge >= 0.3 is 0 Å². The van der Waals surface area contributed by atoms with E-state index in [-0.39, 0.29) is 12.3 Å². The first-order valence-electron chi connectivity index (χ1n) is 9.12. The van der Waals surface area contributed by atoms with Crippen molar-refractivity contribution in [2.75, 3.05) is 50.6 Å². The van der Waals surface area contributed by atoms with Gasteiger partial charge < -0.3 is 19.9 Å². The minimum Gasteiger partial charge on any atom is -0.496 e. The van der Waals surface area contributed by atoms with Crippen molar-refractivity contribution in [2.24, 2.45) is 0 Å². The maximum atomic E-state index is 12.6. The fourth-order valence-corrected chi connectivity index (χ4v) is 3.46. The zero-order valence-corrected chi connectivity index (χ0v) is 16.8. The molecule has 0 spiro atoms. The SMILES string of the molecule is COc1cc(CC(=O)Nc2cc(Cl)ccc2N2CCN(C)CC2)ccc1C. The summed E-state index contributed by atoms with van der Waals surface area (Å²) >= 11 is 6.18. The standard InChI is InChI=1S/C21H26ClN3O2/c1-15-4-5-16(12-20(15)27-3)13-21(26)23-18-14-17(22)6-7-19(18)25-10-8-24(2)9-11-25/h4-7,12,14H,8-11,13H2,1-3H3,(H,23,26). The minimum absolute atomic E-state index is 0.0708. The molecular weight excluding hydrogens is 362 g/mol. The van der Waals surface area contributed by atoms with Crippen molar-refractivity contribution in [1.82, 2.24) is 4.90 Å². The first kappa shape index (κ1) is 19.5. The van der Waals surface area contributed by atoms with Crippen molar-refractivity contribution < 1.29 is 9.53 Å². The summed E-state index contributed by atoms with van der Waals surface area (Å²) in [5.41, 5.74) is 3.74. The zero-order chi connectivity index (χ0) is 19.4. The maximum Gasteiger partial charge on any atom is 0.228 e. The highest BCUT2D eigenvalue weighted by molar-refractivity contribution is 6.31. The molecule has 27 heavy (non-hydrogen) atoms. The molecule has 0 saturated carbocycles. The first-order valence-corrected chi connectivity index (χ1v) is 9.50. The van der Waals surface area contributed by atoms with Gasteiger partial charge in [0.05, 0.1) is 24.9 Å². The minimum atomic E-state index is -0.0708. The van der Waals surface area contributed by atoms with Crippen LogP contribution in [0.5, 0.6) is 5.75 Å². The number of rotatable bonds is 5. The number of nitrogens with zero attached hydrogens (tertiary/aromatic N) is 2. The molecule has 3 rings (SSSR count). The van der Waals surface area contributed by atoms with Gasteiger partial charge in [0.1, 0.15) is 5.75 Å². The number of benzene rings is 2. The Morgan fingerprint density at radius 3 is 2.59 bits per heavy atom. The number of nitrogens with one attached hydrogen (secondary N) is 1. The van der Waals surface area contributed by atoms with Crippen molar-refractivity contribution in [3.05, 3.63) is 52.5 Å². The van der Waals surface area contributed by atoms with E-state index in [1.54, 1.807) is 7.11 Å². The molecule has 0 aromatic heterocycles. The Morgan fingerprint density at radius 2 is 1.89 bits per heavy atom. The molecule has 0 atom stereocenters. The third kappa shape index (κ3) is 4.93. The van der Waals surface area contributed by atoms with Crippen LogP contribution in [0.1, 0.15) is 11.1 Å². The number of carbonyl (C=O) groups is 1. The fraction of sp³-hybridized carbons (Fsp3) is 0.381. The molecule has 6 heteroatoms. The molecule has 1 amide bonds. The van der Waals surface area contributed by atoms with Gasteiger partial charge in [0.15, 0.2) is 0 Å². The Balaban J connectivity index is 1.74. The van der Waals surface area contributed by atoms with Gasteiger partial charge in [0.2, 0.25) is 5.91 Å². The molecule has 2 aromatic rings. The van der Waals surface area contributed by atoms with Gasteiger partial charge in [-0.3, -0.25) is 4.79 Å². The Bertz CT molecular complexity index is 817. The van der Waals surface area contributed by atoms with E-state index in [0.717, 1.165) is 54.4 Å². The van der Waals surface area contributed by atoms with Crippen LogP contribution in [0.2, 0.25) is 5.02 Å². The number of hydrogen-bond acceptors (Lipinski definition) is 4. The van der Waals surface area contributed by atoms with E-state index in [1.165, 1.54) is 0 Å². The number of aryl methyl sites for hydroxylation is 1. The van der Waals surface area contributed by atoms with Crippen LogP contribution >= 0.6 is 11.6 Å². The van der Waals surface area contributed by atoms with E-state index >= 15 is 0 Å². The number of hydrogen-bond donors (Lipinski definition) is 1. The van der Waals surface area contributed by atoms with E-state index in [9.17, 15) is 4.79 Å². The Kier molecular flexibility index (Phi) is 6.24. The molecule has 0 radical (unpaired) electrons. The summed E-state index contributed by atoms with van der Waals surface area (Å²) in [6.45, 7) is 5.83. The molecule has 1 aliphatic heterocycles. The van der Waals surface area contributed by atoms with Crippen LogP contribution in [0.25, 0.3) is 0 Å². The average molecular weight is 388 g/mol. The molecule has 144 valence electrons. The van der Waals surface area contributed by atoms with Crippen LogP contribution in [0, 0.1) is 6.92 Å². The van der Waals surface area contributed by atoms with Gasteiger partial charge in [-0.1, -0.05) is 23.7 Å². The van der Waals surface area contributed by atoms with E-state index in [0.29, 0.717) is 5.02 Å². The van der Waals surface area contributed by atoms with Crippen LogP contribution < -0.4 is 15.0 Å². The van der Waals surface area contributed by atoms with E-state index in [4.69, 9.17) is 16.3 Å².